The second kappa shape index (κ2) is 5.83. The van der Waals surface area contributed by atoms with E-state index >= 15 is 0 Å². The molecule has 2 aromatic rings. The van der Waals surface area contributed by atoms with Crippen molar-refractivity contribution in [3.8, 4) is 11.4 Å². The second-order valence-electron chi connectivity index (χ2n) is 5.03. The molecule has 0 saturated heterocycles. The van der Waals surface area contributed by atoms with Gasteiger partial charge in [0, 0.05) is 23.9 Å². The van der Waals surface area contributed by atoms with Crippen LogP contribution in [0.5, 0.6) is 0 Å². The molecule has 0 saturated carbocycles. The molecule has 3 heteroatoms. The van der Waals surface area contributed by atoms with E-state index in [1.54, 1.807) is 0 Å². The van der Waals surface area contributed by atoms with E-state index < -0.39 is 0 Å². The summed E-state index contributed by atoms with van der Waals surface area (Å²) in [6.45, 7) is 9.31. The second-order valence-corrected chi connectivity index (χ2v) is 5.03. The van der Waals surface area contributed by atoms with Gasteiger partial charge in [-0.25, -0.2) is 9.97 Å². The molecule has 0 fully saturated rings. The van der Waals surface area contributed by atoms with Crippen LogP contribution >= 0.6 is 0 Å². The summed E-state index contributed by atoms with van der Waals surface area (Å²) in [5, 5.41) is 3.24. The van der Waals surface area contributed by atoms with Gasteiger partial charge >= 0.3 is 0 Å². The molecule has 0 spiro atoms. The quantitative estimate of drug-likeness (QED) is 0.897. The van der Waals surface area contributed by atoms with Crippen molar-refractivity contribution in [1.82, 2.24) is 9.97 Å². The Morgan fingerprint density at radius 3 is 2.37 bits per heavy atom. The Hall–Kier alpha value is -1.90. The summed E-state index contributed by atoms with van der Waals surface area (Å²) in [4.78, 5) is 9.06. The Labute approximate surface area is 115 Å². The fourth-order valence-corrected chi connectivity index (χ4v) is 1.99. The lowest BCUT2D eigenvalue weighted by molar-refractivity contribution is 0.867. The fourth-order valence-electron chi connectivity index (χ4n) is 1.99. The van der Waals surface area contributed by atoms with E-state index in [9.17, 15) is 0 Å². The topological polar surface area (TPSA) is 37.8 Å². The van der Waals surface area contributed by atoms with Crippen LogP contribution in [0.15, 0.2) is 30.3 Å². The summed E-state index contributed by atoms with van der Waals surface area (Å²) in [5.41, 5.74) is 3.38. The largest absolute Gasteiger partial charge is 0.370 e. The van der Waals surface area contributed by atoms with E-state index in [0.717, 1.165) is 29.4 Å². The van der Waals surface area contributed by atoms with Crippen LogP contribution in [0.2, 0.25) is 0 Å². The monoisotopic (exact) mass is 255 g/mol. The molecule has 0 amide bonds. The number of hydrogen-bond donors (Lipinski definition) is 1. The Bertz CT molecular complexity index is 544. The minimum Gasteiger partial charge on any atom is -0.370 e. The van der Waals surface area contributed by atoms with Crippen LogP contribution < -0.4 is 5.32 Å². The lowest BCUT2D eigenvalue weighted by Gasteiger charge is -2.09. The molecule has 19 heavy (non-hydrogen) atoms. The van der Waals surface area contributed by atoms with Crippen molar-refractivity contribution in [3.05, 3.63) is 41.6 Å². The summed E-state index contributed by atoms with van der Waals surface area (Å²) in [6.07, 6.45) is 0. The zero-order chi connectivity index (χ0) is 13.8. The van der Waals surface area contributed by atoms with Crippen LogP contribution in [0, 0.1) is 6.92 Å². The normalized spacial score (nSPS) is 10.8. The van der Waals surface area contributed by atoms with E-state index in [1.165, 1.54) is 5.56 Å². The maximum Gasteiger partial charge on any atom is 0.161 e. The first-order valence-electron chi connectivity index (χ1n) is 6.80. The third kappa shape index (κ3) is 3.31. The Balaban J connectivity index is 2.35. The summed E-state index contributed by atoms with van der Waals surface area (Å²) in [7, 11) is 0. The minimum atomic E-state index is 0.546. The first kappa shape index (κ1) is 13.5. The zero-order valence-corrected chi connectivity index (χ0v) is 12.1. The van der Waals surface area contributed by atoms with Gasteiger partial charge in [0.15, 0.2) is 5.82 Å². The van der Waals surface area contributed by atoms with Gasteiger partial charge in [0.2, 0.25) is 0 Å². The average Bonchev–Trinajstić information content (AvgIpc) is 2.38. The van der Waals surface area contributed by atoms with Gasteiger partial charge in [0.25, 0.3) is 0 Å². The van der Waals surface area contributed by atoms with Crippen molar-refractivity contribution in [3.63, 3.8) is 0 Å². The van der Waals surface area contributed by atoms with Crippen molar-refractivity contribution >= 4 is 5.82 Å². The SMILES string of the molecule is CCNc1cc(C)nc(-c2ccc(C(C)C)cc2)n1. The third-order valence-corrected chi connectivity index (χ3v) is 3.05. The van der Waals surface area contributed by atoms with Crippen LogP contribution in [0.25, 0.3) is 11.4 Å². The molecule has 0 bridgehead atoms. The van der Waals surface area contributed by atoms with Crippen molar-refractivity contribution < 1.29 is 0 Å². The molecule has 0 unspecified atom stereocenters. The number of benzene rings is 1. The van der Waals surface area contributed by atoms with E-state index in [2.05, 4.69) is 60.3 Å². The molecule has 0 aliphatic heterocycles. The molecule has 0 radical (unpaired) electrons. The smallest absolute Gasteiger partial charge is 0.161 e. The van der Waals surface area contributed by atoms with Gasteiger partial charge in [-0.1, -0.05) is 38.1 Å². The highest BCUT2D eigenvalue weighted by Crippen LogP contribution is 2.21. The van der Waals surface area contributed by atoms with Gasteiger partial charge in [0.1, 0.15) is 5.82 Å². The molecule has 3 nitrogen and oxygen atoms in total. The van der Waals surface area contributed by atoms with E-state index in [4.69, 9.17) is 0 Å². The number of aryl methyl sites for hydroxylation is 1. The number of nitrogens with one attached hydrogen (secondary N) is 1. The molecule has 0 aliphatic carbocycles. The predicted octanol–water partition coefficient (Wildman–Crippen LogP) is 4.01. The molecule has 1 aromatic heterocycles. The van der Waals surface area contributed by atoms with Gasteiger partial charge < -0.3 is 5.32 Å². The number of nitrogens with zero attached hydrogens (tertiary/aromatic N) is 2. The molecule has 100 valence electrons. The van der Waals surface area contributed by atoms with Crippen LogP contribution in [0.1, 0.15) is 37.9 Å². The molecule has 0 aliphatic rings. The Morgan fingerprint density at radius 2 is 1.79 bits per heavy atom. The number of anilines is 1. The Morgan fingerprint density at radius 1 is 1.11 bits per heavy atom. The highest BCUT2D eigenvalue weighted by molar-refractivity contribution is 5.58. The van der Waals surface area contributed by atoms with Crippen LogP contribution in [0.4, 0.5) is 5.82 Å². The van der Waals surface area contributed by atoms with E-state index in [0.29, 0.717) is 5.92 Å². The molecular weight excluding hydrogens is 234 g/mol. The van der Waals surface area contributed by atoms with E-state index in [1.807, 2.05) is 13.0 Å². The molecule has 0 atom stereocenters. The fraction of sp³-hybridized carbons (Fsp3) is 0.375. The first-order valence-corrected chi connectivity index (χ1v) is 6.80. The van der Waals surface area contributed by atoms with E-state index in [-0.39, 0.29) is 0 Å². The summed E-state index contributed by atoms with van der Waals surface area (Å²) < 4.78 is 0. The lowest BCUT2D eigenvalue weighted by atomic mass is 10.0. The van der Waals surface area contributed by atoms with Gasteiger partial charge in [-0.05, 0) is 25.3 Å². The first-order chi connectivity index (χ1) is 9.10. The van der Waals surface area contributed by atoms with Crippen LogP contribution in [0.3, 0.4) is 0 Å². The van der Waals surface area contributed by atoms with Crippen LogP contribution in [-0.4, -0.2) is 16.5 Å². The van der Waals surface area contributed by atoms with Gasteiger partial charge in [-0.2, -0.15) is 0 Å². The maximum atomic E-state index is 4.55. The number of hydrogen-bond acceptors (Lipinski definition) is 3. The van der Waals surface area contributed by atoms with Gasteiger partial charge in [-0.15, -0.1) is 0 Å². The molecule has 1 aromatic carbocycles. The third-order valence-electron chi connectivity index (χ3n) is 3.05. The molecule has 1 heterocycles. The molecule has 2 rings (SSSR count). The summed E-state index contributed by atoms with van der Waals surface area (Å²) >= 11 is 0. The minimum absolute atomic E-state index is 0.546. The summed E-state index contributed by atoms with van der Waals surface area (Å²) in [5.74, 6) is 2.22. The van der Waals surface area contributed by atoms with Crippen molar-refractivity contribution in [1.29, 1.82) is 0 Å². The van der Waals surface area contributed by atoms with Gasteiger partial charge in [-0.3, -0.25) is 0 Å². The highest BCUT2D eigenvalue weighted by Gasteiger charge is 2.05. The molecular formula is C16H21N3. The number of rotatable bonds is 4. The van der Waals surface area contributed by atoms with Crippen molar-refractivity contribution in [2.75, 3.05) is 11.9 Å². The summed E-state index contributed by atoms with van der Waals surface area (Å²) in [6, 6.07) is 10.5. The van der Waals surface area contributed by atoms with Crippen molar-refractivity contribution in [2.24, 2.45) is 0 Å². The average molecular weight is 255 g/mol. The van der Waals surface area contributed by atoms with Crippen LogP contribution in [-0.2, 0) is 0 Å². The Kier molecular flexibility index (Phi) is 4.15. The standard InChI is InChI=1S/C16H21N3/c1-5-17-15-10-12(4)18-16(19-15)14-8-6-13(7-9-14)11(2)3/h6-11H,5H2,1-4H3,(H,17,18,19). The number of aromatic nitrogens is 2. The van der Waals surface area contributed by atoms with Gasteiger partial charge in [0.05, 0.1) is 0 Å². The lowest BCUT2D eigenvalue weighted by Crippen LogP contribution is -2.02. The van der Waals surface area contributed by atoms with Crippen molar-refractivity contribution in [2.45, 2.75) is 33.6 Å². The highest BCUT2D eigenvalue weighted by atomic mass is 15.0. The maximum absolute atomic E-state index is 4.55. The predicted molar refractivity (Wildman–Crippen MR) is 80.5 cm³/mol. The molecule has 1 N–H and O–H groups in total. The zero-order valence-electron chi connectivity index (χ0n) is 12.1.